The van der Waals surface area contributed by atoms with E-state index in [1.54, 1.807) is 0 Å². The summed E-state index contributed by atoms with van der Waals surface area (Å²) in [5.74, 6) is 1.27. The lowest BCUT2D eigenvalue weighted by atomic mass is 10.2. The molecule has 2 aliphatic rings. The van der Waals surface area contributed by atoms with Crippen LogP contribution in [0.1, 0.15) is 13.3 Å². The van der Waals surface area contributed by atoms with Gasteiger partial charge in [0.25, 0.3) is 0 Å². The lowest BCUT2D eigenvalue weighted by Crippen LogP contribution is -2.49. The van der Waals surface area contributed by atoms with Crippen molar-refractivity contribution < 1.29 is 9.90 Å². The quantitative estimate of drug-likeness (QED) is 0.703. The van der Waals surface area contributed by atoms with Crippen molar-refractivity contribution in [2.75, 3.05) is 39.3 Å². The van der Waals surface area contributed by atoms with E-state index < -0.39 is 0 Å². The molecule has 0 aromatic heterocycles. The van der Waals surface area contributed by atoms with Crippen molar-refractivity contribution in [3.63, 3.8) is 0 Å². The number of hydrogen-bond donors (Lipinski definition) is 1. The Hall–Kier alpha value is -0.610. The van der Waals surface area contributed by atoms with Crippen LogP contribution in [0.2, 0.25) is 0 Å². The molecular formula is C11H20N2O2. The van der Waals surface area contributed by atoms with Crippen molar-refractivity contribution in [1.82, 2.24) is 9.80 Å². The van der Waals surface area contributed by atoms with E-state index >= 15 is 0 Å². The number of aliphatic hydroxyl groups excluding tert-OH is 1. The molecule has 2 atom stereocenters. The summed E-state index contributed by atoms with van der Waals surface area (Å²) in [6.45, 7) is 6.59. The van der Waals surface area contributed by atoms with E-state index in [0.717, 1.165) is 39.1 Å². The summed E-state index contributed by atoms with van der Waals surface area (Å²) in [7, 11) is 0. The van der Waals surface area contributed by atoms with E-state index in [0.29, 0.717) is 17.7 Å². The molecule has 4 heteroatoms. The summed E-state index contributed by atoms with van der Waals surface area (Å²) in [5.41, 5.74) is 0. The number of nitrogens with zero attached hydrogens (tertiary/aromatic N) is 2. The Morgan fingerprint density at radius 1 is 1.33 bits per heavy atom. The summed E-state index contributed by atoms with van der Waals surface area (Å²) >= 11 is 0. The van der Waals surface area contributed by atoms with Gasteiger partial charge in [0.1, 0.15) is 0 Å². The van der Waals surface area contributed by atoms with Crippen LogP contribution in [0.3, 0.4) is 0 Å². The van der Waals surface area contributed by atoms with E-state index in [1.165, 1.54) is 0 Å². The van der Waals surface area contributed by atoms with Crippen molar-refractivity contribution in [2.45, 2.75) is 13.3 Å². The van der Waals surface area contributed by atoms with Gasteiger partial charge in [-0.25, -0.2) is 0 Å². The van der Waals surface area contributed by atoms with Crippen molar-refractivity contribution in [3.8, 4) is 0 Å². The molecule has 4 nitrogen and oxygen atoms in total. The Kier molecular flexibility index (Phi) is 3.26. The maximum atomic E-state index is 11.9. The van der Waals surface area contributed by atoms with Gasteiger partial charge in [0.15, 0.2) is 0 Å². The number of amides is 1. The molecule has 1 amide bonds. The number of rotatable bonds is 3. The number of piperazine rings is 1. The third-order valence-electron chi connectivity index (χ3n) is 3.53. The highest BCUT2D eigenvalue weighted by atomic mass is 16.3. The molecule has 0 aromatic carbocycles. The first kappa shape index (κ1) is 10.9. The molecule has 0 spiro atoms. The van der Waals surface area contributed by atoms with Gasteiger partial charge in [-0.1, -0.05) is 6.92 Å². The Labute approximate surface area is 90.9 Å². The summed E-state index contributed by atoms with van der Waals surface area (Å²) in [4.78, 5) is 16.1. The van der Waals surface area contributed by atoms with Gasteiger partial charge in [-0.15, -0.1) is 0 Å². The standard InChI is InChI=1S/C11H20N2O2/c1-9-8-10(9)11(15)13-4-2-12(3-5-13)6-7-14/h9-10,14H,2-8H2,1H3. The Bertz CT molecular complexity index is 237. The summed E-state index contributed by atoms with van der Waals surface area (Å²) in [6, 6.07) is 0. The Morgan fingerprint density at radius 3 is 2.40 bits per heavy atom. The predicted octanol–water partition coefficient (Wildman–Crippen LogP) is -0.221. The average Bonchev–Trinajstić information content (AvgIpc) is 2.96. The summed E-state index contributed by atoms with van der Waals surface area (Å²) in [6.07, 6.45) is 1.08. The van der Waals surface area contributed by atoms with Gasteiger partial charge in [-0.05, 0) is 12.3 Å². The molecule has 1 N–H and O–H groups in total. The molecule has 1 aliphatic heterocycles. The second-order valence-corrected chi connectivity index (χ2v) is 4.71. The van der Waals surface area contributed by atoms with Crippen LogP contribution in [0.5, 0.6) is 0 Å². The topological polar surface area (TPSA) is 43.8 Å². The molecule has 15 heavy (non-hydrogen) atoms. The fourth-order valence-corrected chi connectivity index (χ4v) is 2.23. The van der Waals surface area contributed by atoms with Crippen LogP contribution in [0.4, 0.5) is 0 Å². The zero-order chi connectivity index (χ0) is 10.8. The first-order valence-corrected chi connectivity index (χ1v) is 5.84. The fraction of sp³-hybridized carbons (Fsp3) is 0.909. The first-order chi connectivity index (χ1) is 7.22. The van der Waals surface area contributed by atoms with E-state index in [-0.39, 0.29) is 6.61 Å². The Morgan fingerprint density at radius 2 is 1.93 bits per heavy atom. The highest BCUT2D eigenvalue weighted by molar-refractivity contribution is 5.81. The average molecular weight is 212 g/mol. The number of β-amino-alcohol motifs (C(OH)–C–C–N with tert-alkyl or cyclic N) is 1. The molecular weight excluding hydrogens is 192 g/mol. The van der Waals surface area contributed by atoms with E-state index in [2.05, 4.69) is 11.8 Å². The molecule has 2 fully saturated rings. The predicted molar refractivity (Wildman–Crippen MR) is 57.4 cm³/mol. The number of hydrogen-bond acceptors (Lipinski definition) is 3. The van der Waals surface area contributed by atoms with Crippen LogP contribution in [0.15, 0.2) is 0 Å². The number of carbonyl (C=O) groups excluding carboxylic acids is 1. The van der Waals surface area contributed by atoms with Crippen LogP contribution < -0.4 is 0 Å². The van der Waals surface area contributed by atoms with Gasteiger partial charge in [0, 0.05) is 38.6 Å². The van der Waals surface area contributed by atoms with Gasteiger partial charge in [0.2, 0.25) is 5.91 Å². The second kappa shape index (κ2) is 4.49. The molecule has 1 aliphatic carbocycles. The minimum Gasteiger partial charge on any atom is -0.395 e. The minimum atomic E-state index is 0.216. The molecule has 2 unspecified atom stereocenters. The molecule has 0 bridgehead atoms. The van der Waals surface area contributed by atoms with E-state index in [4.69, 9.17) is 5.11 Å². The number of carbonyl (C=O) groups is 1. The van der Waals surface area contributed by atoms with Crippen LogP contribution in [0.25, 0.3) is 0 Å². The molecule has 1 heterocycles. The minimum absolute atomic E-state index is 0.216. The monoisotopic (exact) mass is 212 g/mol. The van der Waals surface area contributed by atoms with E-state index in [1.807, 2.05) is 4.90 Å². The maximum absolute atomic E-state index is 11.9. The highest BCUT2D eigenvalue weighted by Gasteiger charge is 2.41. The molecule has 0 radical (unpaired) electrons. The largest absolute Gasteiger partial charge is 0.395 e. The van der Waals surface area contributed by atoms with Gasteiger partial charge in [-0.2, -0.15) is 0 Å². The third-order valence-corrected chi connectivity index (χ3v) is 3.53. The smallest absolute Gasteiger partial charge is 0.226 e. The normalized spacial score (nSPS) is 31.7. The third kappa shape index (κ3) is 2.49. The van der Waals surface area contributed by atoms with Crippen molar-refractivity contribution in [2.24, 2.45) is 11.8 Å². The maximum Gasteiger partial charge on any atom is 0.226 e. The van der Waals surface area contributed by atoms with Gasteiger partial charge < -0.3 is 10.0 Å². The summed E-state index contributed by atoms with van der Waals surface area (Å²) in [5, 5.41) is 8.80. The SMILES string of the molecule is CC1CC1C(=O)N1CCN(CCO)CC1. The lowest BCUT2D eigenvalue weighted by molar-refractivity contribution is -0.134. The molecule has 2 rings (SSSR count). The van der Waals surface area contributed by atoms with Crippen molar-refractivity contribution in [1.29, 1.82) is 0 Å². The Balaban J connectivity index is 1.75. The van der Waals surface area contributed by atoms with Gasteiger partial charge in [-0.3, -0.25) is 9.69 Å². The van der Waals surface area contributed by atoms with Crippen LogP contribution in [0, 0.1) is 11.8 Å². The zero-order valence-electron chi connectivity index (χ0n) is 9.35. The lowest BCUT2D eigenvalue weighted by Gasteiger charge is -2.34. The second-order valence-electron chi connectivity index (χ2n) is 4.71. The van der Waals surface area contributed by atoms with Crippen molar-refractivity contribution >= 4 is 5.91 Å². The van der Waals surface area contributed by atoms with Crippen LogP contribution >= 0.6 is 0 Å². The van der Waals surface area contributed by atoms with Gasteiger partial charge in [0.05, 0.1) is 6.61 Å². The highest BCUT2D eigenvalue weighted by Crippen LogP contribution is 2.39. The van der Waals surface area contributed by atoms with Gasteiger partial charge >= 0.3 is 0 Å². The summed E-state index contributed by atoms with van der Waals surface area (Å²) < 4.78 is 0. The zero-order valence-corrected chi connectivity index (χ0v) is 9.35. The van der Waals surface area contributed by atoms with Crippen LogP contribution in [-0.4, -0.2) is 60.1 Å². The van der Waals surface area contributed by atoms with Crippen LogP contribution in [-0.2, 0) is 4.79 Å². The molecule has 1 saturated heterocycles. The first-order valence-electron chi connectivity index (χ1n) is 5.84. The number of aliphatic hydroxyl groups is 1. The van der Waals surface area contributed by atoms with Crippen molar-refractivity contribution in [3.05, 3.63) is 0 Å². The molecule has 0 aromatic rings. The molecule has 1 saturated carbocycles. The molecule has 86 valence electrons. The van der Waals surface area contributed by atoms with E-state index in [9.17, 15) is 4.79 Å². The fourth-order valence-electron chi connectivity index (χ4n) is 2.23.